The van der Waals surface area contributed by atoms with Gasteiger partial charge in [-0.25, -0.2) is 14.5 Å². The average Bonchev–Trinajstić information content (AvgIpc) is 2.84. The largest absolute Gasteiger partial charge is 0.311 e. The standard InChI is InChI=1S/C26H24N4O2S/c1-17-13-14-23(27-16-17)30-25(32)20-10-4-5-11-21(20)28-26(30)33-18(2)24(31)29-15-7-9-19-8-3-6-12-22(19)29/h3-6,8,10-14,16,18H,7,9,15H2,1-2H3. The summed E-state index contributed by atoms with van der Waals surface area (Å²) in [4.78, 5) is 38.0. The second-order valence-electron chi connectivity index (χ2n) is 8.23. The molecule has 1 amide bonds. The second kappa shape index (κ2) is 8.83. The molecule has 2 aromatic carbocycles. The SMILES string of the molecule is Cc1ccc(-n2c(SC(C)C(=O)N3CCCc4ccccc43)nc3ccccc3c2=O)nc1. The van der Waals surface area contributed by atoms with Crippen molar-refractivity contribution in [2.45, 2.75) is 37.1 Å². The van der Waals surface area contributed by atoms with Gasteiger partial charge < -0.3 is 4.90 Å². The van der Waals surface area contributed by atoms with Gasteiger partial charge in [0.2, 0.25) is 5.91 Å². The minimum Gasteiger partial charge on any atom is -0.311 e. The molecule has 0 radical (unpaired) electrons. The molecule has 1 atom stereocenters. The molecule has 6 nitrogen and oxygen atoms in total. The first kappa shape index (κ1) is 21.4. The summed E-state index contributed by atoms with van der Waals surface area (Å²) in [5, 5.41) is 0.551. The fourth-order valence-corrected chi connectivity index (χ4v) is 5.15. The average molecular weight is 457 g/mol. The van der Waals surface area contributed by atoms with Crippen molar-refractivity contribution in [2.75, 3.05) is 11.4 Å². The number of fused-ring (bicyclic) bond motifs is 2. The summed E-state index contributed by atoms with van der Waals surface area (Å²) in [5.41, 5.74) is 3.59. The molecule has 7 heteroatoms. The van der Waals surface area contributed by atoms with Crippen molar-refractivity contribution in [1.29, 1.82) is 0 Å². The van der Waals surface area contributed by atoms with Gasteiger partial charge in [0.05, 0.1) is 16.2 Å². The van der Waals surface area contributed by atoms with Crippen LogP contribution in [0.25, 0.3) is 16.7 Å². The summed E-state index contributed by atoms with van der Waals surface area (Å²) in [6, 6.07) is 19.1. The number of carbonyl (C=O) groups is 1. The van der Waals surface area contributed by atoms with Gasteiger partial charge in [0.1, 0.15) is 5.82 Å². The van der Waals surface area contributed by atoms with Crippen molar-refractivity contribution in [2.24, 2.45) is 0 Å². The monoisotopic (exact) mass is 456 g/mol. The molecule has 1 unspecified atom stereocenters. The third-order valence-electron chi connectivity index (χ3n) is 5.88. The number of benzene rings is 2. The lowest BCUT2D eigenvalue weighted by Gasteiger charge is -2.31. The summed E-state index contributed by atoms with van der Waals surface area (Å²) in [5.74, 6) is 0.507. The first-order valence-electron chi connectivity index (χ1n) is 11.0. The maximum absolute atomic E-state index is 13.5. The van der Waals surface area contributed by atoms with E-state index in [1.54, 1.807) is 12.3 Å². The zero-order chi connectivity index (χ0) is 22.9. The quantitative estimate of drug-likeness (QED) is 0.333. The van der Waals surface area contributed by atoms with Crippen molar-refractivity contribution >= 4 is 34.3 Å². The molecule has 0 bridgehead atoms. The van der Waals surface area contributed by atoms with E-state index in [9.17, 15) is 9.59 Å². The molecule has 0 spiro atoms. The molecule has 166 valence electrons. The Bertz CT molecular complexity index is 1400. The molecule has 0 aliphatic carbocycles. The highest BCUT2D eigenvalue weighted by molar-refractivity contribution is 8.00. The summed E-state index contributed by atoms with van der Waals surface area (Å²) < 4.78 is 1.51. The van der Waals surface area contributed by atoms with Crippen LogP contribution >= 0.6 is 11.8 Å². The van der Waals surface area contributed by atoms with Crippen molar-refractivity contribution in [3.05, 3.63) is 88.3 Å². The van der Waals surface area contributed by atoms with Crippen molar-refractivity contribution in [3.63, 3.8) is 0 Å². The molecule has 0 fully saturated rings. The third kappa shape index (κ3) is 4.04. The number of hydrogen-bond donors (Lipinski definition) is 0. The van der Waals surface area contributed by atoms with E-state index in [1.165, 1.54) is 21.9 Å². The third-order valence-corrected chi connectivity index (χ3v) is 6.92. The summed E-state index contributed by atoms with van der Waals surface area (Å²) in [7, 11) is 0. The van der Waals surface area contributed by atoms with Crippen LogP contribution in [0.1, 0.15) is 24.5 Å². The highest BCUT2D eigenvalue weighted by Gasteiger charge is 2.28. The van der Waals surface area contributed by atoms with E-state index in [1.807, 2.05) is 67.3 Å². The van der Waals surface area contributed by atoms with Crippen LogP contribution in [0.2, 0.25) is 0 Å². The zero-order valence-corrected chi connectivity index (χ0v) is 19.4. The van der Waals surface area contributed by atoms with E-state index < -0.39 is 5.25 Å². The van der Waals surface area contributed by atoms with Crippen LogP contribution in [0.3, 0.4) is 0 Å². The van der Waals surface area contributed by atoms with Gasteiger partial charge in [-0.1, -0.05) is 48.2 Å². The maximum Gasteiger partial charge on any atom is 0.267 e. The van der Waals surface area contributed by atoms with Crippen LogP contribution in [0.5, 0.6) is 0 Å². The Kier molecular flexibility index (Phi) is 5.72. The number of carbonyl (C=O) groups excluding carboxylic acids is 1. The number of aromatic nitrogens is 3. The normalized spacial score (nSPS) is 14.2. The van der Waals surface area contributed by atoms with Gasteiger partial charge in [-0.15, -0.1) is 0 Å². The van der Waals surface area contributed by atoms with Crippen LogP contribution in [0, 0.1) is 6.92 Å². The molecule has 2 aromatic heterocycles. The number of rotatable bonds is 4. The molecule has 0 saturated heterocycles. The minimum atomic E-state index is -0.430. The van der Waals surface area contributed by atoms with Gasteiger partial charge >= 0.3 is 0 Å². The van der Waals surface area contributed by atoms with E-state index in [4.69, 9.17) is 4.98 Å². The molecular formula is C26H24N4O2S. The molecular weight excluding hydrogens is 432 g/mol. The Morgan fingerprint density at radius 3 is 2.67 bits per heavy atom. The van der Waals surface area contributed by atoms with Crippen LogP contribution in [-0.4, -0.2) is 32.2 Å². The van der Waals surface area contributed by atoms with E-state index in [0.29, 0.717) is 28.4 Å². The van der Waals surface area contributed by atoms with Gasteiger partial charge in [-0.3, -0.25) is 9.59 Å². The predicted molar refractivity (Wildman–Crippen MR) is 132 cm³/mol. The van der Waals surface area contributed by atoms with Crippen molar-refractivity contribution in [1.82, 2.24) is 14.5 Å². The Hall–Kier alpha value is -3.45. The number of aryl methyl sites for hydroxylation is 2. The van der Waals surface area contributed by atoms with Crippen molar-refractivity contribution < 1.29 is 4.79 Å². The minimum absolute atomic E-state index is 0.0120. The molecule has 4 aromatic rings. The molecule has 1 aliphatic rings. The number of amides is 1. The van der Waals surface area contributed by atoms with Gasteiger partial charge in [-0.2, -0.15) is 0 Å². The number of nitrogens with zero attached hydrogens (tertiary/aromatic N) is 4. The zero-order valence-electron chi connectivity index (χ0n) is 18.6. The Labute approximate surface area is 196 Å². The first-order valence-corrected chi connectivity index (χ1v) is 11.9. The van der Waals surface area contributed by atoms with E-state index >= 15 is 0 Å². The van der Waals surface area contributed by atoms with Crippen LogP contribution in [-0.2, 0) is 11.2 Å². The number of para-hydroxylation sites is 2. The molecule has 5 rings (SSSR count). The lowest BCUT2D eigenvalue weighted by atomic mass is 10.0. The fourth-order valence-electron chi connectivity index (χ4n) is 4.18. The number of thioether (sulfide) groups is 1. The van der Waals surface area contributed by atoms with E-state index in [2.05, 4.69) is 11.1 Å². The lowest BCUT2D eigenvalue weighted by Crippen LogP contribution is -2.40. The molecule has 0 N–H and O–H groups in total. The highest BCUT2D eigenvalue weighted by atomic mass is 32.2. The Morgan fingerprint density at radius 2 is 1.85 bits per heavy atom. The first-order chi connectivity index (χ1) is 16.0. The van der Waals surface area contributed by atoms with Crippen molar-refractivity contribution in [3.8, 4) is 5.82 Å². The molecule has 0 saturated carbocycles. The van der Waals surface area contributed by atoms with Crippen LogP contribution in [0.4, 0.5) is 5.69 Å². The topological polar surface area (TPSA) is 68.1 Å². The van der Waals surface area contributed by atoms with Crippen LogP contribution < -0.4 is 10.5 Å². The van der Waals surface area contributed by atoms with Crippen LogP contribution in [0.15, 0.2) is 76.8 Å². The molecule has 3 heterocycles. The predicted octanol–water partition coefficient (Wildman–Crippen LogP) is 4.55. The smallest absolute Gasteiger partial charge is 0.267 e. The fraction of sp³-hybridized carbons (Fsp3) is 0.231. The van der Waals surface area contributed by atoms with Gasteiger partial charge in [0, 0.05) is 18.4 Å². The highest BCUT2D eigenvalue weighted by Crippen LogP contribution is 2.31. The lowest BCUT2D eigenvalue weighted by molar-refractivity contribution is -0.117. The number of hydrogen-bond acceptors (Lipinski definition) is 5. The Morgan fingerprint density at radius 1 is 1.06 bits per heavy atom. The summed E-state index contributed by atoms with van der Waals surface area (Å²) in [6.07, 6.45) is 3.64. The maximum atomic E-state index is 13.5. The van der Waals surface area contributed by atoms with E-state index in [0.717, 1.165) is 24.1 Å². The van der Waals surface area contributed by atoms with Gasteiger partial charge in [0.15, 0.2) is 5.16 Å². The number of anilines is 1. The van der Waals surface area contributed by atoms with Gasteiger partial charge in [-0.05, 0) is 62.1 Å². The summed E-state index contributed by atoms with van der Waals surface area (Å²) in [6.45, 7) is 4.52. The summed E-state index contributed by atoms with van der Waals surface area (Å²) >= 11 is 1.30. The second-order valence-corrected chi connectivity index (χ2v) is 9.54. The number of pyridine rings is 1. The van der Waals surface area contributed by atoms with Gasteiger partial charge in [0.25, 0.3) is 5.56 Å². The Balaban J connectivity index is 1.55. The molecule has 33 heavy (non-hydrogen) atoms. The molecule has 1 aliphatic heterocycles. The van der Waals surface area contributed by atoms with E-state index in [-0.39, 0.29) is 11.5 Å².